The van der Waals surface area contributed by atoms with Gasteiger partial charge in [-0.3, -0.25) is 19.5 Å². The summed E-state index contributed by atoms with van der Waals surface area (Å²) in [6.07, 6.45) is 6.40. The number of carbonyl (C=O) groups excluding carboxylic acids is 7. The van der Waals surface area contributed by atoms with Gasteiger partial charge in [-0.15, -0.1) is 0 Å². The van der Waals surface area contributed by atoms with Crippen molar-refractivity contribution in [2.45, 2.75) is 116 Å². The molecular weight excluding hydrogens is 999 g/mol. The van der Waals surface area contributed by atoms with E-state index in [1.54, 1.807) is 0 Å². The van der Waals surface area contributed by atoms with Gasteiger partial charge in [0.25, 0.3) is 0 Å². The third-order valence-electron chi connectivity index (χ3n) is 14.9. The van der Waals surface area contributed by atoms with Gasteiger partial charge in [0, 0.05) is 76.8 Å². The Bertz CT molecular complexity index is 1500. The van der Waals surface area contributed by atoms with Gasteiger partial charge in [-0.25, -0.2) is 0 Å². The second kappa shape index (κ2) is 28.8. The molecule has 22 heteroatoms. The van der Waals surface area contributed by atoms with Crippen LogP contribution in [-0.2, 0) is 33.6 Å². The third-order valence-corrected chi connectivity index (χ3v) is 14.9. The molecule has 0 bridgehead atoms. The first-order chi connectivity index (χ1) is 27.6. The molecular formula is C41H60GdN4Na3O14. The molecule has 4 aliphatic rings. The zero-order chi connectivity index (χ0) is 43.8. The van der Waals surface area contributed by atoms with Crippen LogP contribution in [0.15, 0.2) is 0 Å². The summed E-state index contributed by atoms with van der Waals surface area (Å²) in [4.78, 5) is 85.2. The Morgan fingerprint density at radius 3 is 1.67 bits per heavy atom. The van der Waals surface area contributed by atoms with Crippen LogP contribution in [0.4, 0.5) is 0 Å². The van der Waals surface area contributed by atoms with Crippen LogP contribution in [0.3, 0.4) is 0 Å². The van der Waals surface area contributed by atoms with Crippen molar-refractivity contribution in [3.05, 3.63) is 0 Å². The Labute approximate surface area is 468 Å². The summed E-state index contributed by atoms with van der Waals surface area (Å²) in [5.41, 5.74) is -0.329. The Balaban J connectivity index is 0.00000961. The molecule has 2 N–H and O–H groups in total. The fourth-order valence-corrected chi connectivity index (χ4v) is 12.0. The molecule has 0 aliphatic heterocycles. The van der Waals surface area contributed by atoms with Crippen molar-refractivity contribution < 1.29 is 198 Å². The summed E-state index contributed by atoms with van der Waals surface area (Å²) in [5.74, 6) is -7.68. The minimum Gasteiger partial charge on any atom is -0.550 e. The number of aliphatic hydroxyl groups is 1. The number of nitrogens with one attached hydrogen (secondary N) is 1. The number of amides is 1. The number of carboxylic acids is 6. The molecule has 0 heterocycles. The number of carboxylic acid groups (broad SMARTS) is 6. The predicted octanol–water partition coefficient (Wildman–Crippen LogP) is -14.9. The molecule has 0 saturated heterocycles. The van der Waals surface area contributed by atoms with Gasteiger partial charge in [0.15, 0.2) is 0 Å². The maximum absolute atomic E-state index is 13.4. The van der Waals surface area contributed by atoms with Crippen molar-refractivity contribution in [3.8, 4) is 0 Å². The molecule has 5 unspecified atom stereocenters. The van der Waals surface area contributed by atoms with Crippen LogP contribution in [0.1, 0.15) is 97.8 Å². The number of aliphatic carboxylic acids is 6. The topological polar surface area (TPSA) is 300 Å². The summed E-state index contributed by atoms with van der Waals surface area (Å²) in [7, 11) is 0. The van der Waals surface area contributed by atoms with E-state index in [1.165, 1.54) is 4.90 Å². The van der Waals surface area contributed by atoms with Crippen molar-refractivity contribution in [3.63, 3.8) is 0 Å². The van der Waals surface area contributed by atoms with Gasteiger partial charge in [-0.1, -0.05) is 20.8 Å². The van der Waals surface area contributed by atoms with Gasteiger partial charge in [0.2, 0.25) is 5.91 Å². The number of aliphatic hydroxyl groups excluding tert-OH is 1. The Morgan fingerprint density at radius 2 is 1.19 bits per heavy atom. The van der Waals surface area contributed by atoms with Crippen LogP contribution in [0, 0.1) is 86.3 Å². The normalized spacial score (nSPS) is 29.2. The standard InChI is InChI=1S/C41H66N4O14.Gd.3Na/c1-24(4-11-34(48)49)28-7-8-29-27-6-5-25-18-26(12-13-40(25,2)30(27)19-32(46)41(28,29)3)42-33(47)10-9-31(39(58)59)45(16-14-43(20-35(50)51)21-36(52)53)17-15-44(22-37(54)55)23-38(56)57;;;;/h24-32,46H,4-23H2,1-3H3,(H,42,47)(H,48,49)(H,50,51)(H,52,53)(H,54,55)(H,56,57)(H,58,59);;;;/q;+3;3*+1/p-6/t24?,25?,26-,27?,28-,29?,30?,31-,32+,40+,41-;;;;/m1..../s1. The molecule has 63 heavy (non-hydrogen) atoms. The van der Waals surface area contributed by atoms with Crippen molar-refractivity contribution in [2.75, 3.05) is 52.4 Å². The number of carbonyl (C=O) groups is 7. The van der Waals surface area contributed by atoms with Gasteiger partial charge in [0.1, 0.15) is 0 Å². The number of hydrogen-bond donors (Lipinski definition) is 2. The molecule has 11 atom stereocenters. The number of nitrogens with zero attached hydrogens (tertiary/aromatic N) is 3. The molecule has 0 aromatic carbocycles. The molecule has 4 saturated carbocycles. The first kappa shape index (κ1) is 63.5. The summed E-state index contributed by atoms with van der Waals surface area (Å²) in [5, 5.41) is 83.6. The summed E-state index contributed by atoms with van der Waals surface area (Å²) in [6.45, 7) is 2.15. The number of rotatable bonds is 24. The fourth-order valence-electron chi connectivity index (χ4n) is 12.0. The van der Waals surface area contributed by atoms with Crippen LogP contribution in [-0.4, -0.2) is 132 Å². The summed E-state index contributed by atoms with van der Waals surface area (Å²) >= 11 is 0. The molecule has 4 aliphatic carbocycles. The van der Waals surface area contributed by atoms with Crippen LogP contribution >= 0.6 is 0 Å². The van der Waals surface area contributed by atoms with Gasteiger partial charge < -0.3 is 69.8 Å². The first-order valence-corrected chi connectivity index (χ1v) is 21.0. The molecule has 1 amide bonds. The SMILES string of the molecule is CC(CCC(=O)[O-])[C@H]1CCC2C3CCC4C[C@H](NC(=O)CC[C@H](C(=O)[O-])N(CCN(CC(=O)[O-])CC(=O)[O-])CCN(CC(=O)[O-])CC(=O)[O-])CC[C@]4(C)C3C[C@H](O)[C@@]21C.[Gd+3].[Na+].[Na+].[Na+]. The molecule has 0 aromatic heterocycles. The average molecular weight is 1060 g/mol. The Morgan fingerprint density at radius 1 is 0.667 bits per heavy atom. The van der Waals surface area contributed by atoms with Crippen LogP contribution in [0.5, 0.6) is 0 Å². The van der Waals surface area contributed by atoms with E-state index in [2.05, 4.69) is 26.1 Å². The number of fused-ring (bicyclic) bond motifs is 5. The maximum Gasteiger partial charge on any atom is 3.00 e. The van der Waals surface area contributed by atoms with Gasteiger partial charge >= 0.3 is 129 Å². The van der Waals surface area contributed by atoms with Crippen molar-refractivity contribution in [1.29, 1.82) is 0 Å². The minimum atomic E-state index is -1.60. The van der Waals surface area contributed by atoms with E-state index >= 15 is 0 Å². The van der Waals surface area contributed by atoms with E-state index in [9.17, 15) is 69.3 Å². The monoisotopic (exact) mass is 1060 g/mol. The predicted molar refractivity (Wildman–Crippen MR) is 194 cm³/mol. The second-order valence-electron chi connectivity index (χ2n) is 18.2. The van der Waals surface area contributed by atoms with Gasteiger partial charge in [-0.2, -0.15) is 0 Å². The van der Waals surface area contributed by atoms with E-state index < -0.39 is 80.0 Å². The molecule has 4 rings (SSSR count). The fraction of sp³-hybridized carbons (Fsp3) is 0.829. The Kier molecular flexibility index (Phi) is 29.0. The van der Waals surface area contributed by atoms with Crippen molar-refractivity contribution in [2.24, 2.45) is 46.3 Å². The van der Waals surface area contributed by atoms with Crippen LogP contribution < -0.4 is 125 Å². The third kappa shape index (κ3) is 17.4. The second-order valence-corrected chi connectivity index (χ2v) is 18.2. The zero-order valence-electron chi connectivity index (χ0n) is 37.8. The molecule has 4 fully saturated rings. The van der Waals surface area contributed by atoms with Crippen LogP contribution in [0.2, 0.25) is 0 Å². The van der Waals surface area contributed by atoms with Crippen molar-refractivity contribution >= 4 is 41.7 Å². The smallest absolute Gasteiger partial charge is 0.550 e. The summed E-state index contributed by atoms with van der Waals surface area (Å²) in [6, 6.07) is -1.65. The Hall–Kier alpha value is 0.455. The molecule has 0 spiro atoms. The van der Waals surface area contributed by atoms with E-state index in [4.69, 9.17) is 0 Å². The average Bonchev–Trinajstić information content (AvgIpc) is 3.49. The van der Waals surface area contributed by atoms with Gasteiger partial charge in [-0.05, 0) is 117 Å². The van der Waals surface area contributed by atoms with E-state index in [0.717, 1.165) is 48.3 Å². The van der Waals surface area contributed by atoms with Crippen LogP contribution in [0.25, 0.3) is 0 Å². The quantitative estimate of drug-likeness (QED) is 0.0849. The van der Waals surface area contributed by atoms with Crippen molar-refractivity contribution in [1.82, 2.24) is 20.0 Å². The van der Waals surface area contributed by atoms with E-state index in [1.807, 2.05) is 0 Å². The largest absolute Gasteiger partial charge is 3.00 e. The molecule has 339 valence electrons. The summed E-state index contributed by atoms with van der Waals surface area (Å²) < 4.78 is 0. The minimum absolute atomic E-state index is 0. The molecule has 1 radical (unpaired) electrons. The van der Waals surface area contributed by atoms with E-state index in [-0.39, 0.29) is 203 Å². The molecule has 18 nitrogen and oxygen atoms in total. The van der Waals surface area contributed by atoms with E-state index in [0.29, 0.717) is 42.9 Å². The number of hydrogen-bond acceptors (Lipinski definition) is 17. The first-order valence-electron chi connectivity index (χ1n) is 21.0. The maximum atomic E-state index is 13.4. The zero-order valence-corrected chi connectivity index (χ0v) is 46.1. The molecule has 0 aromatic rings. The van der Waals surface area contributed by atoms with Gasteiger partial charge in [0.05, 0.1) is 36.0 Å².